The van der Waals surface area contributed by atoms with E-state index in [-0.39, 0.29) is 12.4 Å². The molecule has 1 unspecified atom stereocenters. The van der Waals surface area contributed by atoms with E-state index in [0.717, 1.165) is 0 Å². The van der Waals surface area contributed by atoms with Gasteiger partial charge in [-0.2, -0.15) is 0 Å². The lowest BCUT2D eigenvalue weighted by atomic mass is 9.97. The molecule has 84 valence electrons. The van der Waals surface area contributed by atoms with Gasteiger partial charge < -0.3 is 14.6 Å². The smallest absolute Gasteiger partial charge is 0.165 e. The largest absolute Gasteiger partial charge is 0.494 e. The van der Waals surface area contributed by atoms with Crippen LogP contribution in [0, 0.1) is 5.82 Å². The van der Waals surface area contributed by atoms with Crippen molar-refractivity contribution in [3.05, 3.63) is 29.6 Å². The first-order chi connectivity index (χ1) is 7.01. The lowest BCUT2D eigenvalue weighted by Gasteiger charge is -2.23. The number of benzene rings is 1. The van der Waals surface area contributed by atoms with Crippen LogP contribution >= 0.6 is 0 Å². The molecule has 0 heterocycles. The fourth-order valence-corrected chi connectivity index (χ4v) is 1.37. The Kier molecular flexibility index (Phi) is 3.66. The van der Waals surface area contributed by atoms with Gasteiger partial charge in [-0.25, -0.2) is 4.39 Å². The highest BCUT2D eigenvalue weighted by Gasteiger charge is 2.24. The molecule has 0 saturated carbocycles. The van der Waals surface area contributed by atoms with Crippen LogP contribution in [-0.2, 0) is 10.3 Å². The minimum atomic E-state index is -1.19. The van der Waals surface area contributed by atoms with Crippen LogP contribution in [0.4, 0.5) is 4.39 Å². The molecule has 0 saturated heterocycles. The molecule has 0 aromatic heterocycles. The molecule has 0 aliphatic rings. The third kappa shape index (κ3) is 2.67. The molecular formula is C11H15FO3. The second kappa shape index (κ2) is 4.59. The van der Waals surface area contributed by atoms with Crippen molar-refractivity contribution >= 4 is 0 Å². The van der Waals surface area contributed by atoms with Crippen molar-refractivity contribution in [1.29, 1.82) is 0 Å². The first-order valence-electron chi connectivity index (χ1n) is 4.56. The van der Waals surface area contributed by atoms with E-state index in [1.807, 2.05) is 0 Å². The van der Waals surface area contributed by atoms with Crippen LogP contribution in [-0.4, -0.2) is 25.9 Å². The van der Waals surface area contributed by atoms with Crippen molar-refractivity contribution in [3.63, 3.8) is 0 Å². The molecule has 1 N–H and O–H groups in total. The summed E-state index contributed by atoms with van der Waals surface area (Å²) < 4.78 is 23.0. The molecule has 4 heteroatoms. The van der Waals surface area contributed by atoms with Gasteiger partial charge in [-0.05, 0) is 24.6 Å². The monoisotopic (exact) mass is 214 g/mol. The van der Waals surface area contributed by atoms with Crippen molar-refractivity contribution in [2.45, 2.75) is 12.5 Å². The van der Waals surface area contributed by atoms with E-state index in [4.69, 9.17) is 9.47 Å². The zero-order valence-corrected chi connectivity index (χ0v) is 9.08. The van der Waals surface area contributed by atoms with Crippen LogP contribution in [0.5, 0.6) is 5.75 Å². The van der Waals surface area contributed by atoms with Gasteiger partial charge in [0.2, 0.25) is 0 Å². The maximum absolute atomic E-state index is 13.3. The van der Waals surface area contributed by atoms with Gasteiger partial charge in [0.25, 0.3) is 0 Å². The molecule has 0 aliphatic heterocycles. The Hall–Kier alpha value is -1.13. The Morgan fingerprint density at radius 1 is 1.40 bits per heavy atom. The highest BCUT2D eigenvalue weighted by molar-refractivity contribution is 5.32. The molecule has 0 radical (unpaired) electrons. The highest BCUT2D eigenvalue weighted by atomic mass is 19.1. The van der Waals surface area contributed by atoms with Gasteiger partial charge in [-0.15, -0.1) is 0 Å². The predicted octanol–water partition coefficient (Wildman–Crippen LogP) is 1.69. The van der Waals surface area contributed by atoms with E-state index in [0.29, 0.717) is 5.56 Å². The Morgan fingerprint density at radius 3 is 2.53 bits per heavy atom. The third-order valence-electron chi connectivity index (χ3n) is 2.20. The highest BCUT2D eigenvalue weighted by Crippen LogP contribution is 2.25. The summed E-state index contributed by atoms with van der Waals surface area (Å²) in [7, 11) is 2.87. The summed E-state index contributed by atoms with van der Waals surface area (Å²) in [5.41, 5.74) is -0.732. The fourth-order valence-electron chi connectivity index (χ4n) is 1.37. The predicted molar refractivity (Wildman–Crippen MR) is 54.4 cm³/mol. The lowest BCUT2D eigenvalue weighted by molar-refractivity contribution is -0.0210. The first-order valence-corrected chi connectivity index (χ1v) is 4.56. The number of hydrogen-bond acceptors (Lipinski definition) is 3. The molecule has 1 atom stereocenters. The molecule has 3 nitrogen and oxygen atoms in total. The molecule has 0 amide bonds. The summed E-state index contributed by atoms with van der Waals surface area (Å²) in [5.74, 6) is -0.335. The number of ether oxygens (including phenoxy) is 2. The topological polar surface area (TPSA) is 38.7 Å². The summed E-state index contributed by atoms with van der Waals surface area (Å²) in [6, 6.07) is 4.34. The SMILES string of the molecule is COCC(C)(O)c1ccc(OC)c(F)c1. The van der Waals surface area contributed by atoms with E-state index in [9.17, 15) is 9.50 Å². The minimum absolute atomic E-state index is 0.110. The molecular weight excluding hydrogens is 199 g/mol. The number of hydrogen-bond donors (Lipinski definition) is 1. The first kappa shape index (κ1) is 11.9. The molecule has 1 aromatic rings. The van der Waals surface area contributed by atoms with Gasteiger partial charge in [-0.3, -0.25) is 0 Å². The quantitative estimate of drug-likeness (QED) is 0.828. The number of rotatable bonds is 4. The number of methoxy groups -OCH3 is 2. The lowest BCUT2D eigenvalue weighted by Crippen LogP contribution is -2.27. The van der Waals surface area contributed by atoms with Gasteiger partial charge in [0.05, 0.1) is 13.7 Å². The Labute approximate surface area is 88.4 Å². The van der Waals surface area contributed by atoms with Crippen LogP contribution in [0.25, 0.3) is 0 Å². The second-order valence-corrected chi connectivity index (χ2v) is 3.56. The van der Waals surface area contributed by atoms with Crippen LogP contribution in [0.2, 0.25) is 0 Å². The number of halogens is 1. The van der Waals surface area contributed by atoms with Crippen molar-refractivity contribution in [3.8, 4) is 5.75 Å². The maximum Gasteiger partial charge on any atom is 0.165 e. The van der Waals surface area contributed by atoms with E-state index >= 15 is 0 Å². The van der Waals surface area contributed by atoms with Crippen LogP contribution in [0.1, 0.15) is 12.5 Å². The summed E-state index contributed by atoms with van der Waals surface area (Å²) in [6.45, 7) is 1.68. The fraction of sp³-hybridized carbons (Fsp3) is 0.455. The van der Waals surface area contributed by atoms with Gasteiger partial charge in [0.1, 0.15) is 5.60 Å². The van der Waals surface area contributed by atoms with Crippen LogP contribution in [0.3, 0.4) is 0 Å². The summed E-state index contributed by atoms with van der Waals surface area (Å²) in [5, 5.41) is 9.94. The van der Waals surface area contributed by atoms with Gasteiger partial charge >= 0.3 is 0 Å². The molecule has 1 rings (SSSR count). The molecule has 0 spiro atoms. The van der Waals surface area contributed by atoms with E-state index < -0.39 is 11.4 Å². The molecule has 0 fully saturated rings. The van der Waals surface area contributed by atoms with Crippen molar-refractivity contribution in [1.82, 2.24) is 0 Å². The van der Waals surface area contributed by atoms with Crippen molar-refractivity contribution < 1.29 is 19.0 Å². The van der Waals surface area contributed by atoms with Crippen LogP contribution in [0.15, 0.2) is 18.2 Å². The average molecular weight is 214 g/mol. The molecule has 0 aliphatic carbocycles. The minimum Gasteiger partial charge on any atom is -0.494 e. The van der Waals surface area contributed by atoms with Crippen LogP contribution < -0.4 is 4.74 Å². The standard InChI is InChI=1S/C11H15FO3/c1-11(13,7-14-2)8-4-5-10(15-3)9(12)6-8/h4-6,13H,7H2,1-3H3. The Morgan fingerprint density at radius 2 is 2.07 bits per heavy atom. The molecule has 15 heavy (non-hydrogen) atoms. The van der Waals surface area contributed by atoms with Gasteiger partial charge in [0, 0.05) is 7.11 Å². The average Bonchev–Trinajstić information content (AvgIpc) is 2.17. The normalized spacial score (nSPS) is 14.7. The third-order valence-corrected chi connectivity index (χ3v) is 2.20. The van der Waals surface area contributed by atoms with Crippen molar-refractivity contribution in [2.75, 3.05) is 20.8 Å². The summed E-state index contributed by atoms with van der Waals surface area (Å²) in [6.07, 6.45) is 0. The Balaban J connectivity index is 3.01. The second-order valence-electron chi connectivity index (χ2n) is 3.56. The molecule has 1 aromatic carbocycles. The molecule has 0 bridgehead atoms. The van der Waals surface area contributed by atoms with Gasteiger partial charge in [-0.1, -0.05) is 6.07 Å². The van der Waals surface area contributed by atoms with E-state index in [1.54, 1.807) is 13.0 Å². The zero-order chi connectivity index (χ0) is 11.5. The summed E-state index contributed by atoms with van der Waals surface area (Å²) in [4.78, 5) is 0. The zero-order valence-electron chi connectivity index (χ0n) is 9.08. The van der Waals surface area contributed by atoms with E-state index in [1.165, 1.54) is 26.4 Å². The van der Waals surface area contributed by atoms with Crippen molar-refractivity contribution in [2.24, 2.45) is 0 Å². The summed E-state index contributed by atoms with van der Waals surface area (Å²) >= 11 is 0. The Bertz CT molecular complexity index is 337. The number of aliphatic hydroxyl groups is 1. The van der Waals surface area contributed by atoms with E-state index in [2.05, 4.69) is 0 Å². The van der Waals surface area contributed by atoms with Gasteiger partial charge in [0.15, 0.2) is 11.6 Å². The maximum atomic E-state index is 13.3.